The Morgan fingerprint density at radius 1 is 1.06 bits per heavy atom. The molecule has 0 spiro atoms. The first-order valence-electron chi connectivity index (χ1n) is 9.61. The number of amides is 1. The summed E-state index contributed by atoms with van der Waals surface area (Å²) in [5, 5.41) is 3.82. The molecule has 0 saturated carbocycles. The van der Waals surface area contributed by atoms with Gasteiger partial charge in [-0.15, -0.1) is 0 Å². The van der Waals surface area contributed by atoms with E-state index in [2.05, 4.69) is 15.3 Å². The highest BCUT2D eigenvalue weighted by Crippen LogP contribution is 2.31. The molecule has 0 aliphatic rings. The van der Waals surface area contributed by atoms with E-state index in [1.165, 1.54) is 17.4 Å². The molecule has 0 unspecified atom stereocenters. The van der Waals surface area contributed by atoms with E-state index < -0.39 is 0 Å². The number of pyridine rings is 1. The Labute approximate surface area is 184 Å². The number of hydrogen-bond donors (Lipinski definition) is 1. The minimum absolute atomic E-state index is 0.221. The molecule has 1 N–H and O–H groups in total. The van der Waals surface area contributed by atoms with E-state index in [1.54, 1.807) is 32.6 Å². The van der Waals surface area contributed by atoms with Gasteiger partial charge in [0.1, 0.15) is 15.4 Å². The third-order valence-corrected chi connectivity index (χ3v) is 5.77. The number of rotatable bonds is 6. The van der Waals surface area contributed by atoms with Gasteiger partial charge in [0.25, 0.3) is 0 Å². The first-order valence-corrected chi connectivity index (χ1v) is 10.4. The number of aryl methyl sites for hydroxylation is 1. The fourth-order valence-electron chi connectivity index (χ4n) is 3.09. The predicted octanol–water partition coefficient (Wildman–Crippen LogP) is 5.34. The monoisotopic (exact) mass is 431 g/mol. The molecular weight excluding hydrogens is 410 g/mol. The molecule has 156 valence electrons. The molecule has 2 aromatic heterocycles. The lowest BCUT2D eigenvalue weighted by Gasteiger charge is -2.09. The molecule has 1 amide bonds. The van der Waals surface area contributed by atoms with E-state index in [0.717, 1.165) is 37.7 Å². The normalized spacial score (nSPS) is 11.1. The van der Waals surface area contributed by atoms with E-state index >= 15 is 0 Å². The second kappa shape index (κ2) is 8.97. The molecule has 0 bridgehead atoms. The number of methoxy groups -OCH3 is 2. The number of benzene rings is 2. The van der Waals surface area contributed by atoms with Gasteiger partial charge >= 0.3 is 0 Å². The van der Waals surface area contributed by atoms with Crippen LogP contribution in [0.25, 0.3) is 27.0 Å². The third kappa shape index (κ3) is 4.57. The third-order valence-electron chi connectivity index (χ3n) is 4.74. The smallest absolute Gasteiger partial charge is 0.248 e. The summed E-state index contributed by atoms with van der Waals surface area (Å²) in [5.41, 5.74) is 4.35. The second-order valence-corrected chi connectivity index (χ2v) is 7.79. The molecule has 0 saturated heterocycles. The molecular formula is C24H21N3O3S. The maximum atomic E-state index is 12.5. The van der Waals surface area contributed by atoms with Crippen molar-refractivity contribution >= 4 is 39.4 Å². The summed E-state index contributed by atoms with van der Waals surface area (Å²) in [5.74, 6) is 1.03. The van der Waals surface area contributed by atoms with Crippen LogP contribution in [-0.2, 0) is 4.79 Å². The molecule has 0 fully saturated rings. The van der Waals surface area contributed by atoms with Crippen molar-refractivity contribution in [2.75, 3.05) is 19.5 Å². The van der Waals surface area contributed by atoms with Crippen LogP contribution in [0.5, 0.6) is 11.5 Å². The zero-order chi connectivity index (χ0) is 21.8. The predicted molar refractivity (Wildman–Crippen MR) is 125 cm³/mol. The van der Waals surface area contributed by atoms with Gasteiger partial charge in [0.15, 0.2) is 11.5 Å². The highest BCUT2D eigenvalue weighted by Gasteiger charge is 2.10. The molecule has 0 aliphatic heterocycles. The Bertz CT molecular complexity index is 1250. The SMILES string of the molecule is COc1ccc(/C=C/C(=O)Nc2cc(-c3nc4cccnc4s3)ccc2C)cc1OC. The van der Waals surface area contributed by atoms with Gasteiger partial charge in [-0.1, -0.05) is 29.5 Å². The number of fused-ring (bicyclic) bond motifs is 1. The van der Waals surface area contributed by atoms with Gasteiger partial charge in [0.2, 0.25) is 5.91 Å². The topological polar surface area (TPSA) is 73.3 Å². The van der Waals surface area contributed by atoms with Crippen LogP contribution in [-0.4, -0.2) is 30.1 Å². The summed E-state index contributed by atoms with van der Waals surface area (Å²) >= 11 is 1.53. The fraction of sp³-hybridized carbons (Fsp3) is 0.125. The molecule has 2 aromatic carbocycles. The van der Waals surface area contributed by atoms with Gasteiger partial charge in [0, 0.05) is 23.5 Å². The number of ether oxygens (including phenoxy) is 2. The van der Waals surface area contributed by atoms with E-state index in [1.807, 2.05) is 49.4 Å². The molecule has 6 nitrogen and oxygen atoms in total. The quantitative estimate of drug-likeness (QED) is 0.418. The van der Waals surface area contributed by atoms with Gasteiger partial charge in [-0.05, 0) is 54.5 Å². The van der Waals surface area contributed by atoms with Crippen molar-refractivity contribution in [3.63, 3.8) is 0 Å². The van der Waals surface area contributed by atoms with Crippen LogP contribution in [0, 0.1) is 6.92 Å². The Hall–Kier alpha value is -3.71. The Morgan fingerprint density at radius 2 is 1.90 bits per heavy atom. The summed E-state index contributed by atoms with van der Waals surface area (Å²) in [6, 6.07) is 15.2. The fourth-order valence-corrected chi connectivity index (χ4v) is 3.99. The lowest BCUT2D eigenvalue weighted by Crippen LogP contribution is -2.09. The largest absolute Gasteiger partial charge is 0.493 e. The first kappa shape index (κ1) is 20.6. The molecule has 31 heavy (non-hydrogen) atoms. The highest BCUT2D eigenvalue weighted by atomic mass is 32.1. The minimum atomic E-state index is -0.221. The number of hydrogen-bond acceptors (Lipinski definition) is 6. The average Bonchev–Trinajstić information content (AvgIpc) is 3.23. The number of nitrogens with one attached hydrogen (secondary N) is 1. The van der Waals surface area contributed by atoms with Crippen molar-refractivity contribution in [2.45, 2.75) is 6.92 Å². The van der Waals surface area contributed by atoms with E-state index in [0.29, 0.717) is 11.5 Å². The number of carbonyl (C=O) groups excluding carboxylic acids is 1. The van der Waals surface area contributed by atoms with Crippen molar-refractivity contribution in [1.29, 1.82) is 0 Å². The number of thiazole rings is 1. The van der Waals surface area contributed by atoms with Crippen LogP contribution in [0.2, 0.25) is 0 Å². The van der Waals surface area contributed by atoms with Crippen molar-refractivity contribution in [3.05, 3.63) is 71.9 Å². The van der Waals surface area contributed by atoms with Crippen LogP contribution < -0.4 is 14.8 Å². The van der Waals surface area contributed by atoms with Crippen LogP contribution in [0.3, 0.4) is 0 Å². The molecule has 0 atom stereocenters. The number of aromatic nitrogens is 2. The molecule has 4 rings (SSSR count). The summed E-state index contributed by atoms with van der Waals surface area (Å²) in [4.78, 5) is 22.4. The number of anilines is 1. The molecule has 0 radical (unpaired) electrons. The van der Waals surface area contributed by atoms with Gasteiger partial charge < -0.3 is 14.8 Å². The van der Waals surface area contributed by atoms with Crippen LogP contribution >= 0.6 is 11.3 Å². The van der Waals surface area contributed by atoms with Crippen molar-refractivity contribution in [3.8, 4) is 22.1 Å². The zero-order valence-electron chi connectivity index (χ0n) is 17.4. The summed E-state index contributed by atoms with van der Waals surface area (Å²) in [6.45, 7) is 1.96. The van der Waals surface area contributed by atoms with Crippen molar-refractivity contribution < 1.29 is 14.3 Å². The Kier molecular flexibility index (Phi) is 5.95. The molecule has 4 aromatic rings. The lowest BCUT2D eigenvalue weighted by atomic mass is 10.1. The second-order valence-electron chi connectivity index (χ2n) is 6.81. The molecule has 0 aliphatic carbocycles. The van der Waals surface area contributed by atoms with Crippen LogP contribution in [0.4, 0.5) is 5.69 Å². The first-order chi connectivity index (χ1) is 15.1. The van der Waals surface area contributed by atoms with Crippen molar-refractivity contribution in [2.24, 2.45) is 0 Å². The maximum absolute atomic E-state index is 12.5. The zero-order valence-corrected chi connectivity index (χ0v) is 18.2. The van der Waals surface area contributed by atoms with Gasteiger partial charge in [-0.2, -0.15) is 0 Å². The Balaban J connectivity index is 1.53. The standard InChI is InChI=1S/C24H21N3O3S/c1-15-6-9-17(23-27-18-5-4-12-25-24(18)31-23)14-19(15)26-22(28)11-8-16-7-10-20(29-2)21(13-16)30-3/h4-14H,1-3H3,(H,26,28)/b11-8+. The highest BCUT2D eigenvalue weighted by molar-refractivity contribution is 7.21. The maximum Gasteiger partial charge on any atom is 0.248 e. The van der Waals surface area contributed by atoms with Gasteiger partial charge in [-0.3, -0.25) is 4.79 Å². The average molecular weight is 432 g/mol. The van der Waals surface area contributed by atoms with Crippen molar-refractivity contribution in [1.82, 2.24) is 9.97 Å². The van der Waals surface area contributed by atoms with Gasteiger partial charge in [0.05, 0.1) is 14.2 Å². The van der Waals surface area contributed by atoms with Crippen LogP contribution in [0.1, 0.15) is 11.1 Å². The lowest BCUT2D eigenvalue weighted by molar-refractivity contribution is -0.111. The van der Waals surface area contributed by atoms with E-state index in [9.17, 15) is 4.79 Å². The van der Waals surface area contributed by atoms with Gasteiger partial charge in [-0.25, -0.2) is 9.97 Å². The summed E-state index contributed by atoms with van der Waals surface area (Å²) in [7, 11) is 3.16. The van der Waals surface area contributed by atoms with E-state index in [4.69, 9.17) is 9.47 Å². The van der Waals surface area contributed by atoms with Crippen LogP contribution in [0.15, 0.2) is 60.8 Å². The number of nitrogens with zero attached hydrogens (tertiary/aromatic N) is 2. The summed E-state index contributed by atoms with van der Waals surface area (Å²) < 4.78 is 10.5. The summed E-state index contributed by atoms with van der Waals surface area (Å²) in [6.07, 6.45) is 4.99. The number of carbonyl (C=O) groups is 1. The van der Waals surface area contributed by atoms with E-state index in [-0.39, 0.29) is 5.91 Å². The molecule has 2 heterocycles. The Morgan fingerprint density at radius 3 is 2.68 bits per heavy atom. The minimum Gasteiger partial charge on any atom is -0.493 e. The molecule has 7 heteroatoms.